The SMILES string of the molecule is COc1cc(-c2ccccc2)ccc1CN1CCC(C(=O)O)C1. The minimum atomic E-state index is -0.695. The highest BCUT2D eigenvalue weighted by atomic mass is 16.5. The lowest BCUT2D eigenvalue weighted by atomic mass is 10.0. The molecule has 4 heteroatoms. The van der Waals surface area contributed by atoms with Crippen LogP contribution in [0.15, 0.2) is 48.5 Å². The van der Waals surface area contributed by atoms with Crippen molar-refractivity contribution < 1.29 is 14.6 Å². The molecule has 0 spiro atoms. The van der Waals surface area contributed by atoms with Gasteiger partial charge in [-0.3, -0.25) is 9.69 Å². The minimum Gasteiger partial charge on any atom is -0.496 e. The van der Waals surface area contributed by atoms with Gasteiger partial charge in [0.2, 0.25) is 0 Å². The molecule has 2 aromatic carbocycles. The zero-order valence-corrected chi connectivity index (χ0v) is 13.2. The Hall–Kier alpha value is -2.33. The molecule has 1 heterocycles. The van der Waals surface area contributed by atoms with Crippen LogP contribution in [0.4, 0.5) is 0 Å². The molecule has 0 saturated carbocycles. The van der Waals surface area contributed by atoms with Gasteiger partial charge in [-0.15, -0.1) is 0 Å². The molecule has 1 aliphatic heterocycles. The van der Waals surface area contributed by atoms with Crippen molar-refractivity contribution >= 4 is 5.97 Å². The van der Waals surface area contributed by atoms with Crippen molar-refractivity contribution in [3.05, 3.63) is 54.1 Å². The predicted octanol–water partition coefficient (Wildman–Crippen LogP) is 3.27. The van der Waals surface area contributed by atoms with E-state index in [-0.39, 0.29) is 5.92 Å². The number of carboxylic acids is 1. The number of carboxylic acid groups (broad SMARTS) is 1. The molecule has 23 heavy (non-hydrogen) atoms. The van der Waals surface area contributed by atoms with Crippen LogP contribution in [0, 0.1) is 5.92 Å². The Labute approximate surface area is 136 Å². The second kappa shape index (κ2) is 6.84. The molecule has 3 rings (SSSR count). The Morgan fingerprint density at radius 1 is 1.22 bits per heavy atom. The van der Waals surface area contributed by atoms with Crippen molar-refractivity contribution in [1.82, 2.24) is 4.90 Å². The summed E-state index contributed by atoms with van der Waals surface area (Å²) < 4.78 is 5.55. The van der Waals surface area contributed by atoms with Crippen LogP contribution in [0.1, 0.15) is 12.0 Å². The molecule has 4 nitrogen and oxygen atoms in total. The maximum Gasteiger partial charge on any atom is 0.307 e. The maximum atomic E-state index is 11.1. The number of nitrogens with zero attached hydrogens (tertiary/aromatic N) is 1. The van der Waals surface area contributed by atoms with Gasteiger partial charge in [0, 0.05) is 18.7 Å². The van der Waals surface area contributed by atoms with Gasteiger partial charge in [0.25, 0.3) is 0 Å². The number of benzene rings is 2. The molecule has 1 unspecified atom stereocenters. The number of carbonyl (C=O) groups is 1. The number of rotatable bonds is 5. The van der Waals surface area contributed by atoms with Crippen molar-refractivity contribution in [2.24, 2.45) is 5.92 Å². The van der Waals surface area contributed by atoms with Gasteiger partial charge in [0.1, 0.15) is 5.75 Å². The Morgan fingerprint density at radius 3 is 2.65 bits per heavy atom. The molecule has 0 radical (unpaired) electrons. The average molecular weight is 311 g/mol. The molecule has 1 fully saturated rings. The summed E-state index contributed by atoms with van der Waals surface area (Å²) in [4.78, 5) is 13.3. The van der Waals surface area contributed by atoms with E-state index in [0.29, 0.717) is 6.54 Å². The lowest BCUT2D eigenvalue weighted by Gasteiger charge is -2.18. The molecule has 0 aromatic heterocycles. The highest BCUT2D eigenvalue weighted by molar-refractivity contribution is 5.70. The fraction of sp³-hybridized carbons (Fsp3) is 0.316. The van der Waals surface area contributed by atoms with Crippen molar-refractivity contribution in [3.63, 3.8) is 0 Å². The van der Waals surface area contributed by atoms with E-state index >= 15 is 0 Å². The van der Waals surface area contributed by atoms with E-state index < -0.39 is 5.97 Å². The predicted molar refractivity (Wildman–Crippen MR) is 89.4 cm³/mol. The quantitative estimate of drug-likeness (QED) is 0.921. The van der Waals surface area contributed by atoms with Crippen molar-refractivity contribution in [3.8, 4) is 16.9 Å². The minimum absolute atomic E-state index is 0.246. The fourth-order valence-corrected chi connectivity index (χ4v) is 3.10. The summed E-state index contributed by atoms with van der Waals surface area (Å²) >= 11 is 0. The zero-order chi connectivity index (χ0) is 16.2. The number of hydrogen-bond acceptors (Lipinski definition) is 3. The van der Waals surface area contributed by atoms with Crippen molar-refractivity contribution in [1.29, 1.82) is 0 Å². The highest BCUT2D eigenvalue weighted by Crippen LogP contribution is 2.29. The normalized spacial score (nSPS) is 18.0. The summed E-state index contributed by atoms with van der Waals surface area (Å²) in [5.74, 6) is -0.0893. The summed E-state index contributed by atoms with van der Waals surface area (Å²) in [6, 6.07) is 16.4. The lowest BCUT2D eigenvalue weighted by molar-refractivity contribution is -0.141. The third-order valence-corrected chi connectivity index (χ3v) is 4.41. The van der Waals surface area contributed by atoms with Crippen LogP contribution in [0.25, 0.3) is 11.1 Å². The van der Waals surface area contributed by atoms with Crippen LogP contribution in [-0.4, -0.2) is 36.2 Å². The molecule has 0 amide bonds. The fourth-order valence-electron chi connectivity index (χ4n) is 3.10. The van der Waals surface area contributed by atoms with E-state index in [0.717, 1.165) is 42.0 Å². The Kier molecular flexibility index (Phi) is 4.63. The van der Waals surface area contributed by atoms with Gasteiger partial charge < -0.3 is 9.84 Å². The van der Waals surface area contributed by atoms with E-state index in [9.17, 15) is 4.79 Å². The Balaban J connectivity index is 1.77. The van der Waals surface area contributed by atoms with Gasteiger partial charge in [-0.2, -0.15) is 0 Å². The first kappa shape index (κ1) is 15.6. The lowest BCUT2D eigenvalue weighted by Crippen LogP contribution is -2.23. The second-order valence-corrected chi connectivity index (χ2v) is 5.95. The van der Waals surface area contributed by atoms with E-state index in [4.69, 9.17) is 9.84 Å². The molecule has 2 aromatic rings. The first-order valence-corrected chi connectivity index (χ1v) is 7.85. The van der Waals surface area contributed by atoms with Gasteiger partial charge in [-0.1, -0.05) is 42.5 Å². The molecule has 0 aliphatic carbocycles. The molecule has 1 saturated heterocycles. The monoisotopic (exact) mass is 311 g/mol. The number of methoxy groups -OCH3 is 1. The van der Waals surface area contributed by atoms with Crippen LogP contribution in [0.3, 0.4) is 0 Å². The second-order valence-electron chi connectivity index (χ2n) is 5.95. The summed E-state index contributed by atoms with van der Waals surface area (Å²) in [5, 5.41) is 9.11. The highest BCUT2D eigenvalue weighted by Gasteiger charge is 2.28. The summed E-state index contributed by atoms with van der Waals surface area (Å²) in [6.45, 7) is 2.15. The molecule has 120 valence electrons. The maximum absolute atomic E-state index is 11.1. The van der Waals surface area contributed by atoms with Crippen LogP contribution >= 0.6 is 0 Å². The molecule has 1 N–H and O–H groups in total. The van der Waals surface area contributed by atoms with E-state index in [1.165, 1.54) is 0 Å². The molecule has 1 atom stereocenters. The number of ether oxygens (including phenoxy) is 1. The standard InChI is InChI=1S/C19H21NO3/c1-23-18-11-15(14-5-3-2-4-6-14)7-8-16(18)12-20-10-9-17(13-20)19(21)22/h2-8,11,17H,9-10,12-13H2,1H3,(H,21,22). The number of aliphatic carboxylic acids is 1. The molecular formula is C19H21NO3. The summed E-state index contributed by atoms with van der Waals surface area (Å²) in [7, 11) is 1.68. The van der Waals surface area contributed by atoms with Crippen LogP contribution in [-0.2, 0) is 11.3 Å². The largest absolute Gasteiger partial charge is 0.496 e. The first-order chi connectivity index (χ1) is 11.2. The number of hydrogen-bond donors (Lipinski definition) is 1. The van der Waals surface area contributed by atoms with Gasteiger partial charge in [0.15, 0.2) is 0 Å². The molecule has 0 bridgehead atoms. The van der Waals surface area contributed by atoms with E-state index in [1.807, 2.05) is 18.2 Å². The Bertz CT molecular complexity index is 684. The van der Waals surface area contributed by atoms with Crippen molar-refractivity contribution in [2.75, 3.05) is 20.2 Å². The third kappa shape index (κ3) is 3.54. The van der Waals surface area contributed by atoms with E-state index in [1.54, 1.807) is 7.11 Å². The first-order valence-electron chi connectivity index (χ1n) is 7.85. The van der Waals surface area contributed by atoms with Gasteiger partial charge in [-0.05, 0) is 30.2 Å². The van der Waals surface area contributed by atoms with Gasteiger partial charge in [-0.25, -0.2) is 0 Å². The van der Waals surface area contributed by atoms with Crippen LogP contribution in [0.5, 0.6) is 5.75 Å². The Morgan fingerprint density at radius 2 is 2.00 bits per heavy atom. The van der Waals surface area contributed by atoms with Gasteiger partial charge >= 0.3 is 5.97 Å². The third-order valence-electron chi connectivity index (χ3n) is 4.41. The number of likely N-dealkylation sites (tertiary alicyclic amines) is 1. The summed E-state index contributed by atoms with van der Waals surface area (Å²) in [6.07, 6.45) is 0.722. The topological polar surface area (TPSA) is 49.8 Å². The van der Waals surface area contributed by atoms with Gasteiger partial charge in [0.05, 0.1) is 13.0 Å². The molecule has 1 aliphatic rings. The van der Waals surface area contributed by atoms with Crippen LogP contribution < -0.4 is 4.74 Å². The average Bonchev–Trinajstić information content (AvgIpc) is 3.05. The summed E-state index contributed by atoms with van der Waals surface area (Å²) in [5.41, 5.74) is 3.37. The zero-order valence-electron chi connectivity index (χ0n) is 13.2. The van der Waals surface area contributed by atoms with E-state index in [2.05, 4.69) is 35.2 Å². The van der Waals surface area contributed by atoms with Crippen molar-refractivity contribution in [2.45, 2.75) is 13.0 Å². The smallest absolute Gasteiger partial charge is 0.307 e. The molecular weight excluding hydrogens is 290 g/mol. The van der Waals surface area contributed by atoms with Crippen LogP contribution in [0.2, 0.25) is 0 Å².